The summed E-state index contributed by atoms with van der Waals surface area (Å²) in [6, 6.07) is 0. The first-order valence-electron chi connectivity index (χ1n) is 7.25. The van der Waals surface area contributed by atoms with Crippen LogP contribution in [0.4, 0.5) is 0 Å². The van der Waals surface area contributed by atoms with Crippen LogP contribution in [0.25, 0.3) is 0 Å². The first-order valence-corrected chi connectivity index (χ1v) is 12.5. The number of rotatable bonds is 0. The molecule has 110 valence electrons. The molecule has 0 spiro atoms. The topological polar surface area (TPSA) is 9.90 Å². The molecule has 1 aromatic heterocycles. The first kappa shape index (κ1) is 14.5. The third-order valence-electron chi connectivity index (χ3n) is 5.77. The summed E-state index contributed by atoms with van der Waals surface area (Å²) in [5, 5.41) is 0. The molecule has 0 aliphatic carbocycles. The van der Waals surface area contributed by atoms with Crippen molar-refractivity contribution in [3.8, 4) is 0 Å². The molecule has 0 amide bonds. The van der Waals surface area contributed by atoms with E-state index < -0.39 is 14.1 Å². The summed E-state index contributed by atoms with van der Waals surface area (Å²) >= 11 is 0. The van der Waals surface area contributed by atoms with E-state index in [-0.39, 0.29) is 0 Å². The molecule has 0 saturated heterocycles. The van der Waals surface area contributed by atoms with Gasteiger partial charge in [-0.3, -0.25) is 0 Å². The van der Waals surface area contributed by atoms with Crippen LogP contribution in [0.2, 0.25) is 0 Å². The molecule has 2 aliphatic heterocycles. The number of nitrogens with zero attached hydrogens (tertiary/aromatic N) is 3. The highest BCUT2D eigenvalue weighted by atomic mass is 31.2. The average Bonchev–Trinajstić information content (AvgIpc) is 2.65. The van der Waals surface area contributed by atoms with Gasteiger partial charge in [0.2, 0.25) is 0 Å². The highest BCUT2D eigenvalue weighted by Gasteiger charge is 2.63. The van der Waals surface area contributed by atoms with E-state index in [1.165, 1.54) is 16.7 Å². The second-order valence-electron chi connectivity index (χ2n) is 7.17. The van der Waals surface area contributed by atoms with Crippen LogP contribution < -0.4 is 15.4 Å². The van der Waals surface area contributed by atoms with Gasteiger partial charge in [0.1, 0.15) is 14.1 Å². The second-order valence-corrected chi connectivity index (χ2v) is 14.9. The summed E-state index contributed by atoms with van der Waals surface area (Å²) in [6.45, 7) is 16.8. The molecule has 3 heterocycles. The van der Waals surface area contributed by atoms with Gasteiger partial charge in [-0.15, -0.1) is 8.66 Å². The zero-order valence-electron chi connectivity index (χ0n) is 14.3. The van der Waals surface area contributed by atoms with E-state index >= 15 is 0 Å². The van der Waals surface area contributed by atoms with Gasteiger partial charge in [0, 0.05) is 37.8 Å². The highest BCUT2D eigenvalue weighted by Crippen LogP contribution is 2.52. The molecular weight excluding hydrogens is 284 g/mol. The smallest absolute Gasteiger partial charge is 0.133 e. The van der Waals surface area contributed by atoms with Crippen molar-refractivity contribution in [3.63, 3.8) is 0 Å². The van der Waals surface area contributed by atoms with E-state index in [0.29, 0.717) is 6.29 Å². The lowest BCUT2D eigenvalue weighted by atomic mass is 10.1. The standard InChI is InChI=1S/C15H28N3P2/c1-10-11(2)13-18-14(12(10)3)20(8,9)17(5)15(18)16(4)19(13,6)7/h15H,1-9H3/q+3. The normalized spacial score (nSPS) is 22.6. The predicted octanol–water partition coefficient (Wildman–Crippen LogP) is 1.84. The molecule has 0 unspecified atom stereocenters. The fourth-order valence-corrected chi connectivity index (χ4v) is 9.78. The van der Waals surface area contributed by atoms with Gasteiger partial charge in [0.05, 0.1) is 0 Å². The Labute approximate surface area is 123 Å². The Morgan fingerprint density at radius 3 is 1.40 bits per heavy atom. The van der Waals surface area contributed by atoms with Crippen LogP contribution in [0.3, 0.4) is 0 Å². The largest absolute Gasteiger partial charge is 0.535 e. The number of aromatic nitrogens is 1. The van der Waals surface area contributed by atoms with Gasteiger partial charge in [0.15, 0.2) is 14.1 Å². The van der Waals surface area contributed by atoms with Crippen molar-refractivity contribution in [3.05, 3.63) is 16.7 Å². The van der Waals surface area contributed by atoms with Crippen LogP contribution in [0.1, 0.15) is 23.0 Å². The van der Waals surface area contributed by atoms with Crippen molar-refractivity contribution in [2.45, 2.75) is 27.1 Å². The number of pyridine rings is 1. The average molecular weight is 312 g/mol. The molecule has 0 fully saturated rings. The SMILES string of the molecule is Cc1c(C)c2[n+]3c(c1C)P(C)(C)=[N+](C)C3[N+](C)=P2(C)C. The van der Waals surface area contributed by atoms with Gasteiger partial charge in [-0.25, -0.2) is 0 Å². The quantitative estimate of drug-likeness (QED) is 0.511. The summed E-state index contributed by atoms with van der Waals surface area (Å²) in [6.07, 6.45) is 0.435. The highest BCUT2D eigenvalue weighted by molar-refractivity contribution is 7.71. The molecule has 0 atom stereocenters. The van der Waals surface area contributed by atoms with Gasteiger partial charge in [-0.05, 0) is 26.3 Å². The molecule has 5 heteroatoms. The van der Waals surface area contributed by atoms with Crippen LogP contribution in [-0.2, 0) is 0 Å². The van der Waals surface area contributed by atoms with Crippen molar-refractivity contribution in [2.24, 2.45) is 0 Å². The van der Waals surface area contributed by atoms with Crippen LogP contribution in [-0.4, -0.2) is 49.4 Å². The van der Waals surface area contributed by atoms with E-state index in [4.69, 9.17) is 0 Å². The maximum atomic E-state index is 2.69. The maximum absolute atomic E-state index is 2.69. The Morgan fingerprint density at radius 2 is 1.05 bits per heavy atom. The predicted molar refractivity (Wildman–Crippen MR) is 89.1 cm³/mol. The summed E-state index contributed by atoms with van der Waals surface area (Å²) < 4.78 is 7.98. The first-order chi connectivity index (χ1) is 9.04. The summed E-state index contributed by atoms with van der Waals surface area (Å²) in [5.74, 6) is 0. The van der Waals surface area contributed by atoms with E-state index in [0.717, 1.165) is 0 Å². The molecule has 2 aliphatic rings. The molecule has 1 aromatic rings. The van der Waals surface area contributed by atoms with Crippen LogP contribution in [0.5, 0.6) is 0 Å². The van der Waals surface area contributed by atoms with Gasteiger partial charge in [-0.2, -0.15) is 0 Å². The van der Waals surface area contributed by atoms with E-state index in [1.54, 1.807) is 10.9 Å². The Bertz CT molecular complexity index is 714. The Kier molecular flexibility index (Phi) is 2.82. The molecule has 0 bridgehead atoms. The van der Waals surface area contributed by atoms with Crippen molar-refractivity contribution in [2.75, 3.05) is 40.8 Å². The van der Waals surface area contributed by atoms with Gasteiger partial charge in [0.25, 0.3) is 10.9 Å². The van der Waals surface area contributed by atoms with Crippen LogP contribution >= 0.6 is 14.1 Å². The third kappa shape index (κ3) is 1.37. The maximum Gasteiger partial charge on any atom is 0.535 e. The molecule has 3 rings (SSSR count). The van der Waals surface area contributed by atoms with Crippen LogP contribution in [0.15, 0.2) is 0 Å². The lowest BCUT2D eigenvalue weighted by Crippen LogP contribution is -2.60. The van der Waals surface area contributed by atoms with Crippen LogP contribution in [0, 0.1) is 20.8 Å². The molecular formula is C15H28N3P2+3. The number of hydrogen-bond donors (Lipinski definition) is 0. The molecule has 0 saturated carbocycles. The van der Waals surface area contributed by atoms with E-state index in [1.807, 2.05) is 0 Å². The van der Waals surface area contributed by atoms with Gasteiger partial charge >= 0.3 is 6.29 Å². The Balaban J connectivity index is 2.63. The minimum Gasteiger partial charge on any atom is -0.133 e. The Morgan fingerprint density at radius 1 is 0.700 bits per heavy atom. The van der Waals surface area contributed by atoms with Crippen molar-refractivity contribution >= 4 is 25.0 Å². The lowest BCUT2D eigenvalue weighted by molar-refractivity contribution is -0.976. The van der Waals surface area contributed by atoms with E-state index in [9.17, 15) is 0 Å². The fraction of sp³-hybridized carbons (Fsp3) is 0.667. The molecule has 20 heavy (non-hydrogen) atoms. The molecule has 0 radical (unpaired) electrons. The van der Waals surface area contributed by atoms with Crippen molar-refractivity contribution in [1.29, 1.82) is 0 Å². The number of hydrogen-bond acceptors (Lipinski definition) is 0. The second kappa shape index (κ2) is 3.87. The van der Waals surface area contributed by atoms with Gasteiger partial charge in [-0.1, -0.05) is 4.57 Å². The zero-order chi connectivity index (χ0) is 15.2. The van der Waals surface area contributed by atoms with Crippen molar-refractivity contribution in [1.82, 2.24) is 0 Å². The monoisotopic (exact) mass is 312 g/mol. The Hall–Kier alpha value is -0.390. The van der Waals surface area contributed by atoms with Gasteiger partial charge < -0.3 is 0 Å². The molecule has 3 nitrogen and oxygen atoms in total. The molecule has 0 N–H and O–H groups in total. The lowest BCUT2D eigenvalue weighted by Gasteiger charge is -2.12. The minimum absolute atomic E-state index is 0.435. The van der Waals surface area contributed by atoms with E-state index in [2.05, 4.69) is 74.7 Å². The zero-order valence-corrected chi connectivity index (χ0v) is 16.1. The fourth-order valence-electron chi connectivity index (χ4n) is 4.04. The summed E-state index contributed by atoms with van der Waals surface area (Å²) in [4.78, 5) is 0. The third-order valence-corrected chi connectivity index (χ3v) is 12.5. The molecule has 0 aromatic carbocycles. The minimum atomic E-state index is -1.21. The van der Waals surface area contributed by atoms with Crippen molar-refractivity contribution < 1.29 is 13.2 Å². The summed E-state index contributed by atoms with van der Waals surface area (Å²) in [7, 11) is 2.22. The summed E-state index contributed by atoms with van der Waals surface area (Å²) in [5.41, 5.74) is 7.81.